The Morgan fingerprint density at radius 2 is 2.00 bits per heavy atom. The molecule has 1 aromatic heterocycles. The van der Waals surface area contributed by atoms with Crippen molar-refractivity contribution in [2.45, 2.75) is 31.1 Å². The van der Waals surface area contributed by atoms with Crippen molar-refractivity contribution in [3.05, 3.63) is 45.1 Å². The molecule has 0 N–H and O–H groups in total. The van der Waals surface area contributed by atoms with Gasteiger partial charge in [0.25, 0.3) is 0 Å². The molecular weight excluding hydrogens is 401 g/mol. The number of hydrogen-bond acceptors (Lipinski definition) is 4. The number of fused-ring (bicyclic) bond motifs is 3. The van der Waals surface area contributed by atoms with E-state index < -0.39 is 22.7 Å². The van der Waals surface area contributed by atoms with Crippen LogP contribution in [0.3, 0.4) is 0 Å². The average Bonchev–Trinajstić information content (AvgIpc) is 2.91. The molecule has 0 spiro atoms. The number of ether oxygens (including phenoxy) is 1. The standard InChI is InChI=1S/C21H19Cl2NO4/c1-20(2)15-10(9-25)12(22)8-21(17(15)26,19(27)28-4)11-6-5-7-13-14(11)16(20)18(23)24(13)3/h5-7,9,15H,8H2,1-4H3/t15-,21+/m0/s1. The summed E-state index contributed by atoms with van der Waals surface area (Å²) < 4.78 is 6.92. The van der Waals surface area contributed by atoms with Gasteiger partial charge >= 0.3 is 5.97 Å². The van der Waals surface area contributed by atoms with Crippen molar-refractivity contribution < 1.29 is 19.1 Å². The van der Waals surface area contributed by atoms with Gasteiger partial charge in [-0.1, -0.05) is 49.2 Å². The third-order valence-corrected chi connectivity index (χ3v) is 7.16. The van der Waals surface area contributed by atoms with E-state index in [1.807, 2.05) is 31.5 Å². The summed E-state index contributed by atoms with van der Waals surface area (Å²) in [5.74, 6) is -1.97. The number of aromatic nitrogens is 1. The van der Waals surface area contributed by atoms with Crippen molar-refractivity contribution in [2.75, 3.05) is 7.11 Å². The van der Waals surface area contributed by atoms with Crippen LogP contribution in [0.4, 0.5) is 0 Å². The van der Waals surface area contributed by atoms with E-state index in [-0.39, 0.29) is 22.8 Å². The van der Waals surface area contributed by atoms with E-state index >= 15 is 0 Å². The molecule has 2 aromatic rings. The number of ketones is 1. The zero-order valence-electron chi connectivity index (χ0n) is 15.9. The van der Waals surface area contributed by atoms with Crippen LogP contribution in [0.5, 0.6) is 0 Å². The molecule has 1 aromatic carbocycles. The quantitative estimate of drug-likeness (QED) is 0.421. The molecule has 0 aliphatic heterocycles. The van der Waals surface area contributed by atoms with Crippen LogP contribution in [0, 0.1) is 5.92 Å². The van der Waals surface area contributed by atoms with Crippen molar-refractivity contribution in [3.63, 3.8) is 0 Å². The second-order valence-corrected chi connectivity index (χ2v) is 8.81. The van der Waals surface area contributed by atoms with Gasteiger partial charge in [-0.15, -0.1) is 0 Å². The number of methoxy groups -OCH3 is 1. The van der Waals surface area contributed by atoms with Gasteiger partial charge < -0.3 is 9.30 Å². The summed E-state index contributed by atoms with van der Waals surface area (Å²) in [7, 11) is 3.09. The number of carbonyl (C=O) groups excluding carboxylic acids is 3. The maximum Gasteiger partial charge on any atom is 0.324 e. The molecule has 0 saturated heterocycles. The fourth-order valence-electron chi connectivity index (χ4n) is 5.05. The molecule has 2 aliphatic carbocycles. The highest BCUT2D eigenvalue weighted by Crippen LogP contribution is 2.57. The first-order valence-electron chi connectivity index (χ1n) is 8.88. The number of halogens is 2. The number of aryl methyl sites for hydroxylation is 1. The zero-order valence-corrected chi connectivity index (χ0v) is 17.4. The first-order chi connectivity index (χ1) is 13.1. The van der Waals surface area contributed by atoms with Gasteiger partial charge in [0.2, 0.25) is 0 Å². The van der Waals surface area contributed by atoms with Gasteiger partial charge in [0, 0.05) is 46.0 Å². The Hall–Kier alpha value is -2.11. The normalized spacial score (nSPS) is 25.6. The lowest BCUT2D eigenvalue weighted by Crippen LogP contribution is -2.53. The highest BCUT2D eigenvalue weighted by atomic mass is 35.5. The Kier molecular flexibility index (Phi) is 4.08. The highest BCUT2D eigenvalue weighted by molar-refractivity contribution is 6.35. The minimum absolute atomic E-state index is 0.105. The molecule has 0 unspecified atom stereocenters. The van der Waals surface area contributed by atoms with Crippen molar-refractivity contribution in [1.29, 1.82) is 0 Å². The van der Waals surface area contributed by atoms with E-state index in [1.54, 1.807) is 12.1 Å². The first kappa shape index (κ1) is 19.2. The summed E-state index contributed by atoms with van der Waals surface area (Å²) in [5, 5.41) is 1.42. The molecule has 2 atom stereocenters. The lowest BCUT2D eigenvalue weighted by Gasteiger charge is -2.41. The highest BCUT2D eigenvalue weighted by Gasteiger charge is 2.62. The van der Waals surface area contributed by atoms with Gasteiger partial charge in [0.15, 0.2) is 11.2 Å². The minimum atomic E-state index is -1.62. The molecule has 2 bridgehead atoms. The van der Waals surface area contributed by atoms with Crippen molar-refractivity contribution in [2.24, 2.45) is 13.0 Å². The molecule has 0 saturated carbocycles. The van der Waals surface area contributed by atoms with Crippen LogP contribution >= 0.6 is 23.2 Å². The maximum absolute atomic E-state index is 13.9. The molecule has 0 amide bonds. The number of aldehydes is 1. The molecule has 7 heteroatoms. The third-order valence-electron chi connectivity index (χ3n) is 6.37. The van der Waals surface area contributed by atoms with Gasteiger partial charge in [-0.2, -0.15) is 0 Å². The number of benzene rings is 1. The Morgan fingerprint density at radius 1 is 1.32 bits per heavy atom. The largest absolute Gasteiger partial charge is 0.468 e. The minimum Gasteiger partial charge on any atom is -0.468 e. The molecule has 2 aliphatic rings. The van der Waals surface area contributed by atoms with Crippen LogP contribution in [0.1, 0.15) is 31.4 Å². The monoisotopic (exact) mass is 419 g/mol. The van der Waals surface area contributed by atoms with Crippen molar-refractivity contribution in [1.82, 2.24) is 4.57 Å². The van der Waals surface area contributed by atoms with Crippen LogP contribution in [0.15, 0.2) is 28.8 Å². The second kappa shape index (κ2) is 5.94. The number of rotatable bonds is 2. The smallest absolute Gasteiger partial charge is 0.324 e. The Bertz CT molecular complexity index is 1110. The number of carbonyl (C=O) groups is 3. The topological polar surface area (TPSA) is 65.4 Å². The molecule has 0 radical (unpaired) electrons. The molecule has 1 heterocycles. The van der Waals surface area contributed by atoms with Gasteiger partial charge in [-0.3, -0.25) is 14.4 Å². The SMILES string of the molecule is COC(=O)[C@@]12CC(Cl)=C(C=O)[C@@H](C1=O)C(C)(C)c1c(Cl)n(C)c3cccc2c13. The van der Waals surface area contributed by atoms with E-state index in [0.29, 0.717) is 17.0 Å². The Balaban J connectivity index is 2.29. The zero-order chi connectivity index (χ0) is 20.6. The summed E-state index contributed by atoms with van der Waals surface area (Å²) in [6.07, 6.45) is 0.518. The summed E-state index contributed by atoms with van der Waals surface area (Å²) >= 11 is 13.2. The molecule has 146 valence electrons. The van der Waals surface area contributed by atoms with Gasteiger partial charge in [-0.25, -0.2) is 0 Å². The van der Waals surface area contributed by atoms with Gasteiger partial charge in [-0.05, 0) is 11.6 Å². The number of nitrogens with zero attached hydrogens (tertiary/aromatic N) is 1. The number of Topliss-reactive ketones (excluding diaryl/α,β-unsaturated/α-hetero) is 1. The predicted molar refractivity (Wildman–Crippen MR) is 107 cm³/mol. The second-order valence-electron chi connectivity index (χ2n) is 8.00. The Labute approximate surface area is 172 Å². The molecule has 5 nitrogen and oxygen atoms in total. The fraction of sp³-hybridized carbons (Fsp3) is 0.381. The van der Waals surface area contributed by atoms with E-state index in [4.69, 9.17) is 27.9 Å². The lowest BCUT2D eigenvalue weighted by molar-refractivity contribution is -0.154. The molecule has 28 heavy (non-hydrogen) atoms. The lowest BCUT2D eigenvalue weighted by atomic mass is 9.60. The summed E-state index contributed by atoms with van der Waals surface area (Å²) in [6.45, 7) is 3.72. The van der Waals surface area contributed by atoms with E-state index in [2.05, 4.69) is 0 Å². The van der Waals surface area contributed by atoms with Crippen LogP contribution in [-0.2, 0) is 37.0 Å². The summed E-state index contributed by atoms with van der Waals surface area (Å²) in [6, 6.07) is 5.44. The van der Waals surface area contributed by atoms with Crippen LogP contribution < -0.4 is 0 Å². The average molecular weight is 420 g/mol. The van der Waals surface area contributed by atoms with Gasteiger partial charge in [0.1, 0.15) is 11.4 Å². The fourth-order valence-corrected chi connectivity index (χ4v) is 5.83. The molecular formula is C21H19Cl2NO4. The van der Waals surface area contributed by atoms with Crippen LogP contribution in [0.25, 0.3) is 10.9 Å². The van der Waals surface area contributed by atoms with Crippen LogP contribution in [0.2, 0.25) is 5.15 Å². The molecule has 0 fully saturated rings. The predicted octanol–water partition coefficient (Wildman–Crippen LogP) is 3.81. The van der Waals surface area contributed by atoms with Crippen molar-refractivity contribution in [3.8, 4) is 0 Å². The Morgan fingerprint density at radius 3 is 2.61 bits per heavy atom. The van der Waals surface area contributed by atoms with E-state index in [0.717, 1.165) is 16.5 Å². The number of hydrogen-bond donors (Lipinski definition) is 0. The first-order valence-corrected chi connectivity index (χ1v) is 9.64. The van der Waals surface area contributed by atoms with Crippen molar-refractivity contribution >= 4 is 52.1 Å². The number of allylic oxidation sites excluding steroid dienone is 2. The molecule has 4 rings (SSSR count). The van der Waals surface area contributed by atoms with E-state index in [1.165, 1.54) is 7.11 Å². The van der Waals surface area contributed by atoms with E-state index in [9.17, 15) is 14.4 Å². The maximum atomic E-state index is 13.9. The summed E-state index contributed by atoms with van der Waals surface area (Å²) in [5.41, 5.74) is -0.211. The van der Waals surface area contributed by atoms with Crippen LogP contribution in [-0.4, -0.2) is 29.7 Å². The number of esters is 1. The summed E-state index contributed by atoms with van der Waals surface area (Å²) in [4.78, 5) is 38.9. The van der Waals surface area contributed by atoms with Gasteiger partial charge in [0.05, 0.1) is 13.0 Å². The third kappa shape index (κ3) is 2.01.